The van der Waals surface area contributed by atoms with Crippen LogP contribution >= 0.6 is 15.9 Å². The van der Waals surface area contributed by atoms with E-state index in [-0.39, 0.29) is 6.61 Å². The number of nitrogens with one attached hydrogen (secondary N) is 1. The van der Waals surface area contributed by atoms with Crippen molar-refractivity contribution in [3.63, 3.8) is 0 Å². The molecule has 0 aliphatic rings. The van der Waals surface area contributed by atoms with Crippen LogP contribution in [0.5, 0.6) is 11.5 Å². The van der Waals surface area contributed by atoms with Crippen LogP contribution in [0.2, 0.25) is 0 Å². The maximum atomic E-state index is 13.8. The van der Waals surface area contributed by atoms with Gasteiger partial charge in [-0.15, -0.1) is 0 Å². The number of carbonyl (C=O) groups excluding carboxylic acids is 1. The predicted octanol–water partition coefficient (Wildman–Crippen LogP) is 8.02. The summed E-state index contributed by atoms with van der Waals surface area (Å²) in [4.78, 5) is 13.8. The van der Waals surface area contributed by atoms with Crippen molar-refractivity contribution in [2.24, 2.45) is 0 Å². The van der Waals surface area contributed by atoms with Gasteiger partial charge in [-0.1, -0.05) is 64.5 Å². The normalized spacial score (nSPS) is 10.6. The van der Waals surface area contributed by atoms with Gasteiger partial charge in [-0.25, -0.2) is 4.79 Å². The minimum atomic E-state index is -0.455. The van der Waals surface area contributed by atoms with Crippen molar-refractivity contribution in [2.75, 3.05) is 19.5 Å². The summed E-state index contributed by atoms with van der Waals surface area (Å²) in [6.45, 7) is 0.153. The second-order valence-corrected chi connectivity index (χ2v) is 9.57. The first-order valence-corrected chi connectivity index (χ1v) is 13.1. The number of nitrogens with zero attached hydrogens (tertiary/aromatic N) is 1. The molecule has 1 aromatic heterocycles. The minimum absolute atomic E-state index is 0.153. The average molecular weight is 583 g/mol. The number of benzene rings is 4. The van der Waals surface area contributed by atoms with Crippen LogP contribution in [0.15, 0.2) is 114 Å². The van der Waals surface area contributed by atoms with Crippen LogP contribution in [-0.2, 0) is 11.3 Å². The van der Waals surface area contributed by atoms with Gasteiger partial charge >= 0.3 is 5.97 Å². The monoisotopic (exact) mass is 582 g/mol. The number of hydrogen-bond donors (Lipinski definition) is 1. The summed E-state index contributed by atoms with van der Waals surface area (Å²) in [5, 5.41) is 3.43. The molecular weight excluding hydrogens is 556 g/mol. The first kappa shape index (κ1) is 26.1. The Bertz CT molecular complexity index is 1560. The molecule has 0 aliphatic carbocycles. The van der Waals surface area contributed by atoms with E-state index >= 15 is 0 Å². The topological polar surface area (TPSA) is 61.7 Å². The zero-order chi connectivity index (χ0) is 27.2. The lowest BCUT2D eigenvalue weighted by molar-refractivity contribution is 0.0464. The fourth-order valence-electron chi connectivity index (χ4n) is 4.30. The minimum Gasteiger partial charge on any atom is -0.497 e. The van der Waals surface area contributed by atoms with Crippen molar-refractivity contribution in [1.82, 2.24) is 4.57 Å². The highest BCUT2D eigenvalue weighted by Crippen LogP contribution is 2.38. The zero-order valence-electron chi connectivity index (χ0n) is 21.6. The third-order valence-corrected chi connectivity index (χ3v) is 6.95. The molecule has 0 aliphatic heterocycles. The number of aromatic nitrogens is 1. The number of halogens is 1. The summed E-state index contributed by atoms with van der Waals surface area (Å²) in [7, 11) is 3.25. The summed E-state index contributed by atoms with van der Waals surface area (Å²) in [5.41, 5.74) is 5.22. The van der Waals surface area contributed by atoms with Crippen molar-refractivity contribution in [2.45, 2.75) is 6.61 Å². The lowest BCUT2D eigenvalue weighted by Gasteiger charge is -2.16. The maximum absolute atomic E-state index is 13.8. The second kappa shape index (κ2) is 11.9. The van der Waals surface area contributed by atoms with E-state index < -0.39 is 5.97 Å². The number of rotatable bonds is 9. The Morgan fingerprint density at radius 1 is 0.795 bits per heavy atom. The molecule has 0 saturated heterocycles. The smallest absolute Gasteiger partial charge is 0.357 e. The number of methoxy groups -OCH3 is 2. The highest BCUT2D eigenvalue weighted by molar-refractivity contribution is 9.10. The number of carbonyl (C=O) groups is 1. The quantitative estimate of drug-likeness (QED) is 0.178. The Kier molecular flexibility index (Phi) is 7.99. The summed E-state index contributed by atoms with van der Waals surface area (Å²) in [6.07, 6.45) is 0. The molecule has 4 aromatic carbocycles. The lowest BCUT2D eigenvalue weighted by Crippen LogP contribution is -2.14. The van der Waals surface area contributed by atoms with Crippen molar-refractivity contribution in [3.05, 3.63) is 125 Å². The Morgan fingerprint density at radius 2 is 1.41 bits per heavy atom. The van der Waals surface area contributed by atoms with Crippen molar-refractivity contribution in [3.8, 4) is 28.4 Å². The molecule has 1 N–H and O–H groups in total. The van der Waals surface area contributed by atoms with Crippen molar-refractivity contribution >= 4 is 33.3 Å². The van der Waals surface area contributed by atoms with E-state index in [2.05, 4.69) is 21.2 Å². The maximum Gasteiger partial charge on any atom is 0.357 e. The summed E-state index contributed by atoms with van der Waals surface area (Å²) in [6, 6.07) is 34.6. The first-order chi connectivity index (χ1) is 19.1. The predicted molar refractivity (Wildman–Crippen MR) is 157 cm³/mol. The average Bonchev–Trinajstić information content (AvgIpc) is 3.35. The van der Waals surface area contributed by atoms with E-state index in [1.165, 1.54) is 0 Å². The molecule has 5 aromatic rings. The fraction of sp³-hybridized carbons (Fsp3) is 0.0938. The van der Waals surface area contributed by atoms with Crippen molar-refractivity contribution in [1.29, 1.82) is 0 Å². The van der Waals surface area contributed by atoms with Gasteiger partial charge in [0.05, 0.1) is 25.6 Å². The Balaban J connectivity index is 1.66. The fourth-order valence-corrected chi connectivity index (χ4v) is 4.78. The van der Waals surface area contributed by atoms with Gasteiger partial charge in [-0.05, 0) is 66.2 Å². The SMILES string of the molecule is COc1ccc(Nc2cc(-c3ccccc3Br)n(-c3ccc(OC)cc3)c2C(=O)OCc2ccccc2)cc1. The van der Waals surface area contributed by atoms with Crippen LogP contribution in [0.1, 0.15) is 16.1 Å². The molecule has 1 heterocycles. The molecule has 6 nitrogen and oxygen atoms in total. The Hall–Kier alpha value is -4.49. The van der Waals surface area contributed by atoms with Crippen LogP contribution in [0.25, 0.3) is 16.9 Å². The summed E-state index contributed by atoms with van der Waals surface area (Å²) in [5.74, 6) is 1.01. The second-order valence-electron chi connectivity index (χ2n) is 8.72. The molecule has 7 heteroatoms. The van der Waals surface area contributed by atoms with E-state index in [1.54, 1.807) is 14.2 Å². The molecule has 0 amide bonds. The number of ether oxygens (including phenoxy) is 3. The molecule has 0 saturated carbocycles. The third kappa shape index (κ3) is 5.84. The molecular formula is C32H27BrN2O4. The van der Waals surface area contributed by atoms with E-state index in [0.29, 0.717) is 11.4 Å². The van der Waals surface area contributed by atoms with E-state index in [1.807, 2.05) is 114 Å². The molecule has 39 heavy (non-hydrogen) atoms. The van der Waals surface area contributed by atoms with Crippen LogP contribution in [0.3, 0.4) is 0 Å². The van der Waals surface area contributed by atoms with Gasteiger partial charge in [0.1, 0.15) is 18.1 Å². The van der Waals surface area contributed by atoms with Gasteiger partial charge in [0, 0.05) is 21.4 Å². The molecule has 0 fully saturated rings. The summed E-state index contributed by atoms with van der Waals surface area (Å²) < 4.78 is 19.4. The van der Waals surface area contributed by atoms with Crippen LogP contribution in [-0.4, -0.2) is 24.8 Å². The lowest BCUT2D eigenvalue weighted by atomic mass is 10.1. The van der Waals surface area contributed by atoms with Gasteiger partial charge in [-0.2, -0.15) is 0 Å². The molecule has 0 spiro atoms. The molecule has 0 unspecified atom stereocenters. The van der Waals surface area contributed by atoms with E-state index in [0.717, 1.165) is 44.2 Å². The molecule has 0 bridgehead atoms. The first-order valence-electron chi connectivity index (χ1n) is 12.3. The van der Waals surface area contributed by atoms with Crippen molar-refractivity contribution < 1.29 is 19.0 Å². The standard InChI is InChI=1S/C32H27BrN2O4/c1-37-25-16-12-23(13-17-25)34-29-20-30(27-10-6-7-11-28(27)33)35(24-14-18-26(38-2)19-15-24)31(29)32(36)39-21-22-8-4-3-5-9-22/h3-20,34H,21H2,1-2H3. The van der Waals surface area contributed by atoms with Crippen LogP contribution in [0, 0.1) is 0 Å². The molecule has 5 rings (SSSR count). The highest BCUT2D eigenvalue weighted by atomic mass is 79.9. The molecule has 0 radical (unpaired) electrons. The van der Waals surface area contributed by atoms with E-state index in [9.17, 15) is 4.79 Å². The van der Waals surface area contributed by atoms with Crippen LogP contribution < -0.4 is 14.8 Å². The number of hydrogen-bond acceptors (Lipinski definition) is 5. The Labute approximate surface area is 235 Å². The largest absolute Gasteiger partial charge is 0.497 e. The van der Waals surface area contributed by atoms with Gasteiger partial charge in [0.25, 0.3) is 0 Å². The van der Waals surface area contributed by atoms with E-state index in [4.69, 9.17) is 14.2 Å². The summed E-state index contributed by atoms with van der Waals surface area (Å²) >= 11 is 3.69. The van der Waals surface area contributed by atoms with Gasteiger partial charge < -0.3 is 24.1 Å². The van der Waals surface area contributed by atoms with Gasteiger partial charge in [0.15, 0.2) is 5.69 Å². The molecule has 196 valence electrons. The number of esters is 1. The van der Waals surface area contributed by atoms with Gasteiger partial charge in [0.2, 0.25) is 0 Å². The zero-order valence-corrected chi connectivity index (χ0v) is 23.1. The number of anilines is 2. The molecule has 0 atom stereocenters. The third-order valence-electron chi connectivity index (χ3n) is 6.26. The highest BCUT2D eigenvalue weighted by Gasteiger charge is 2.26. The van der Waals surface area contributed by atoms with Crippen LogP contribution in [0.4, 0.5) is 11.4 Å². The van der Waals surface area contributed by atoms with Gasteiger partial charge in [-0.3, -0.25) is 0 Å². The Morgan fingerprint density at radius 3 is 2.05 bits per heavy atom.